The van der Waals surface area contributed by atoms with Crippen molar-refractivity contribution in [2.45, 2.75) is 52.1 Å². The van der Waals surface area contributed by atoms with E-state index in [9.17, 15) is 9.90 Å². The van der Waals surface area contributed by atoms with Gasteiger partial charge < -0.3 is 5.11 Å². The molecule has 100 valence electrons. The van der Waals surface area contributed by atoms with E-state index in [2.05, 4.69) is 5.32 Å². The maximum Gasteiger partial charge on any atom is 0.328 e. The number of hydrogen-bond acceptors (Lipinski definition) is 2. The van der Waals surface area contributed by atoms with E-state index >= 15 is 0 Å². The Bertz CT molecular complexity index is 440. The fraction of sp³-hybridized carbons (Fsp3) is 0.533. The van der Waals surface area contributed by atoms with Crippen molar-refractivity contribution in [2.24, 2.45) is 0 Å². The van der Waals surface area contributed by atoms with Crippen molar-refractivity contribution in [2.75, 3.05) is 0 Å². The number of carbonyl (C=O) groups is 1. The third-order valence-corrected chi connectivity index (χ3v) is 3.50. The molecule has 0 aliphatic rings. The second kappa shape index (κ2) is 5.11. The highest BCUT2D eigenvalue weighted by Gasteiger charge is 2.39. The lowest BCUT2D eigenvalue weighted by molar-refractivity contribution is -0.145. The standard InChI is InChI=1S/C15H23NO2/c1-6-14(3,4)16-15(5,13(17)18)12-9-7-8-11(2)10-12/h7-10,16H,6H2,1-5H3,(H,17,18). The van der Waals surface area contributed by atoms with Crippen LogP contribution in [0.15, 0.2) is 24.3 Å². The van der Waals surface area contributed by atoms with Crippen molar-refractivity contribution in [3.63, 3.8) is 0 Å². The highest BCUT2D eigenvalue weighted by Crippen LogP contribution is 2.26. The van der Waals surface area contributed by atoms with E-state index in [1.165, 1.54) is 0 Å². The first-order chi connectivity index (χ1) is 8.21. The summed E-state index contributed by atoms with van der Waals surface area (Å²) in [5.74, 6) is -0.852. The van der Waals surface area contributed by atoms with Gasteiger partial charge in [0, 0.05) is 5.54 Å². The molecule has 0 aliphatic carbocycles. The average molecular weight is 249 g/mol. The fourth-order valence-corrected chi connectivity index (χ4v) is 1.97. The Kier molecular flexibility index (Phi) is 4.17. The Labute approximate surface area is 109 Å². The molecule has 0 amide bonds. The molecular weight excluding hydrogens is 226 g/mol. The van der Waals surface area contributed by atoms with Crippen LogP contribution in [0.25, 0.3) is 0 Å². The summed E-state index contributed by atoms with van der Waals surface area (Å²) in [5, 5.41) is 12.8. The summed E-state index contributed by atoms with van der Waals surface area (Å²) in [4.78, 5) is 11.7. The van der Waals surface area contributed by atoms with Gasteiger partial charge in [-0.15, -0.1) is 0 Å². The van der Waals surface area contributed by atoms with Crippen LogP contribution < -0.4 is 5.32 Å². The molecule has 1 aromatic carbocycles. The highest BCUT2D eigenvalue weighted by molar-refractivity contribution is 5.80. The van der Waals surface area contributed by atoms with Gasteiger partial charge in [-0.2, -0.15) is 0 Å². The molecule has 1 rings (SSSR count). The third kappa shape index (κ3) is 3.10. The third-order valence-electron chi connectivity index (χ3n) is 3.50. The number of benzene rings is 1. The van der Waals surface area contributed by atoms with Crippen LogP contribution in [0.3, 0.4) is 0 Å². The molecule has 3 heteroatoms. The Morgan fingerprint density at radius 2 is 1.94 bits per heavy atom. The number of carboxylic acid groups (broad SMARTS) is 1. The molecule has 2 N–H and O–H groups in total. The zero-order chi connectivity index (χ0) is 14.0. The van der Waals surface area contributed by atoms with Crippen molar-refractivity contribution in [3.05, 3.63) is 35.4 Å². The van der Waals surface area contributed by atoms with Gasteiger partial charge in [-0.1, -0.05) is 36.8 Å². The molecule has 0 radical (unpaired) electrons. The van der Waals surface area contributed by atoms with Crippen molar-refractivity contribution >= 4 is 5.97 Å². The minimum atomic E-state index is -1.06. The van der Waals surface area contributed by atoms with E-state index in [1.54, 1.807) is 6.92 Å². The van der Waals surface area contributed by atoms with Crippen LogP contribution in [0, 0.1) is 6.92 Å². The number of nitrogens with one attached hydrogen (secondary N) is 1. The first-order valence-electron chi connectivity index (χ1n) is 6.31. The molecular formula is C15H23NO2. The smallest absolute Gasteiger partial charge is 0.328 e. The second-order valence-electron chi connectivity index (χ2n) is 5.66. The van der Waals surface area contributed by atoms with Crippen molar-refractivity contribution in [1.82, 2.24) is 5.32 Å². The first-order valence-corrected chi connectivity index (χ1v) is 6.31. The SMILES string of the molecule is CCC(C)(C)NC(C)(C(=O)O)c1cccc(C)c1. The molecule has 0 fully saturated rings. The van der Waals surface area contributed by atoms with E-state index in [0.29, 0.717) is 0 Å². The topological polar surface area (TPSA) is 49.3 Å². The molecule has 1 unspecified atom stereocenters. The molecule has 18 heavy (non-hydrogen) atoms. The predicted octanol–water partition coefficient (Wildman–Crippen LogP) is 3.07. The van der Waals surface area contributed by atoms with Crippen molar-refractivity contribution < 1.29 is 9.90 Å². The quantitative estimate of drug-likeness (QED) is 0.843. The monoisotopic (exact) mass is 249 g/mol. The summed E-state index contributed by atoms with van der Waals surface area (Å²) in [6, 6.07) is 7.65. The van der Waals surface area contributed by atoms with Crippen molar-refractivity contribution in [3.8, 4) is 0 Å². The molecule has 1 atom stereocenters. The van der Waals surface area contributed by atoms with Gasteiger partial charge in [0.1, 0.15) is 5.54 Å². The summed E-state index contributed by atoms with van der Waals surface area (Å²) >= 11 is 0. The molecule has 0 saturated carbocycles. The van der Waals surface area contributed by atoms with Gasteiger partial charge in [0.05, 0.1) is 0 Å². The average Bonchev–Trinajstić information content (AvgIpc) is 2.28. The Morgan fingerprint density at radius 1 is 1.33 bits per heavy atom. The van der Waals surface area contributed by atoms with Gasteiger partial charge in [0.25, 0.3) is 0 Å². The summed E-state index contributed by atoms with van der Waals surface area (Å²) in [7, 11) is 0. The molecule has 0 heterocycles. The normalized spacial score (nSPS) is 15.2. The first kappa shape index (κ1) is 14.7. The van der Waals surface area contributed by atoms with E-state index in [0.717, 1.165) is 17.5 Å². The minimum absolute atomic E-state index is 0.225. The molecule has 0 aromatic heterocycles. The van der Waals surface area contributed by atoms with Crippen LogP contribution in [0.5, 0.6) is 0 Å². The van der Waals surface area contributed by atoms with Gasteiger partial charge in [-0.05, 0) is 39.7 Å². The molecule has 0 spiro atoms. The molecule has 0 bridgehead atoms. The largest absolute Gasteiger partial charge is 0.480 e. The van der Waals surface area contributed by atoms with Crippen LogP contribution >= 0.6 is 0 Å². The van der Waals surface area contributed by atoms with Gasteiger partial charge in [-0.3, -0.25) is 5.32 Å². The van der Waals surface area contributed by atoms with Crippen LogP contribution in [0.2, 0.25) is 0 Å². The van der Waals surface area contributed by atoms with Gasteiger partial charge in [0.15, 0.2) is 0 Å². The number of rotatable bonds is 5. The van der Waals surface area contributed by atoms with Crippen LogP contribution in [-0.4, -0.2) is 16.6 Å². The minimum Gasteiger partial charge on any atom is -0.480 e. The van der Waals surface area contributed by atoms with Crippen molar-refractivity contribution in [1.29, 1.82) is 0 Å². The Hall–Kier alpha value is -1.35. The summed E-state index contributed by atoms with van der Waals surface area (Å²) in [5.41, 5.74) is 0.565. The second-order valence-corrected chi connectivity index (χ2v) is 5.66. The number of hydrogen-bond donors (Lipinski definition) is 2. The van der Waals surface area contributed by atoms with Crippen LogP contribution in [-0.2, 0) is 10.3 Å². The number of aryl methyl sites for hydroxylation is 1. The van der Waals surface area contributed by atoms with E-state index < -0.39 is 11.5 Å². The Morgan fingerprint density at radius 3 is 2.39 bits per heavy atom. The predicted molar refractivity (Wildman–Crippen MR) is 73.7 cm³/mol. The highest BCUT2D eigenvalue weighted by atomic mass is 16.4. The van der Waals surface area contributed by atoms with Gasteiger partial charge in [0.2, 0.25) is 0 Å². The number of aliphatic carboxylic acids is 1. The van der Waals surface area contributed by atoms with Gasteiger partial charge >= 0.3 is 5.97 Å². The summed E-state index contributed by atoms with van der Waals surface area (Å²) < 4.78 is 0. The molecule has 1 aromatic rings. The van der Waals surface area contributed by atoms with Gasteiger partial charge in [-0.25, -0.2) is 4.79 Å². The molecule has 0 saturated heterocycles. The van der Waals surface area contributed by atoms with Crippen LogP contribution in [0.1, 0.15) is 45.2 Å². The summed E-state index contributed by atoms with van der Waals surface area (Å²) in [6.07, 6.45) is 0.863. The number of carboxylic acids is 1. The fourth-order valence-electron chi connectivity index (χ4n) is 1.97. The van der Waals surface area contributed by atoms with E-state index in [-0.39, 0.29) is 5.54 Å². The summed E-state index contributed by atoms with van der Waals surface area (Å²) in [6.45, 7) is 9.78. The molecule has 0 aliphatic heterocycles. The zero-order valence-corrected chi connectivity index (χ0v) is 11.9. The maximum atomic E-state index is 11.7. The van der Waals surface area contributed by atoms with E-state index in [4.69, 9.17) is 0 Å². The maximum absolute atomic E-state index is 11.7. The Balaban J connectivity index is 3.20. The lowest BCUT2D eigenvalue weighted by Crippen LogP contribution is -2.55. The zero-order valence-electron chi connectivity index (χ0n) is 11.9. The lowest BCUT2D eigenvalue weighted by atomic mass is 9.87. The lowest BCUT2D eigenvalue weighted by Gasteiger charge is -2.36. The van der Waals surface area contributed by atoms with E-state index in [1.807, 2.05) is 52.0 Å². The van der Waals surface area contributed by atoms with Crippen LogP contribution in [0.4, 0.5) is 0 Å². The molecule has 3 nitrogen and oxygen atoms in total.